The van der Waals surface area contributed by atoms with E-state index in [4.69, 9.17) is 10.00 Å². The number of carbonyl (C=O) groups is 2. The van der Waals surface area contributed by atoms with Gasteiger partial charge in [-0.25, -0.2) is 0 Å². The Bertz CT molecular complexity index is 580. The maximum absolute atomic E-state index is 11.9. The Kier molecular flexibility index (Phi) is 4.77. The fourth-order valence-electron chi connectivity index (χ4n) is 2.12. The summed E-state index contributed by atoms with van der Waals surface area (Å²) in [6, 6.07) is 8.86. The zero-order chi connectivity index (χ0) is 15.2. The molecule has 21 heavy (non-hydrogen) atoms. The van der Waals surface area contributed by atoms with E-state index in [0.717, 1.165) is 0 Å². The number of carbonyl (C=O) groups excluding carboxylic acids is 2. The summed E-state index contributed by atoms with van der Waals surface area (Å²) < 4.78 is 5.52. The number of hydrogen-bond donors (Lipinski definition) is 0. The van der Waals surface area contributed by atoms with Gasteiger partial charge in [0.1, 0.15) is 12.4 Å². The van der Waals surface area contributed by atoms with E-state index in [0.29, 0.717) is 31.0 Å². The quantitative estimate of drug-likeness (QED) is 0.796. The molecule has 0 bridgehead atoms. The van der Waals surface area contributed by atoms with Gasteiger partial charge in [-0.1, -0.05) is 6.07 Å². The van der Waals surface area contributed by atoms with Crippen molar-refractivity contribution >= 4 is 11.8 Å². The van der Waals surface area contributed by atoms with Crippen molar-refractivity contribution in [3.8, 4) is 11.8 Å². The van der Waals surface area contributed by atoms with Crippen molar-refractivity contribution in [1.29, 1.82) is 5.26 Å². The molecule has 1 aromatic rings. The first-order chi connectivity index (χ1) is 10.1. The van der Waals surface area contributed by atoms with Gasteiger partial charge in [0.25, 0.3) is 0 Å². The third-order valence-electron chi connectivity index (χ3n) is 3.33. The molecule has 0 N–H and O–H groups in total. The molecule has 1 fully saturated rings. The van der Waals surface area contributed by atoms with E-state index in [9.17, 15) is 9.59 Å². The first-order valence-electron chi connectivity index (χ1n) is 6.82. The first-order valence-corrected chi connectivity index (χ1v) is 6.82. The second kappa shape index (κ2) is 6.75. The molecule has 1 aliphatic heterocycles. The molecule has 2 rings (SSSR count). The Morgan fingerprint density at radius 1 is 1.24 bits per heavy atom. The SMILES string of the molecule is CCN1CC(=O)N(CCOc2cccc(C#N)c2)CC1=O. The van der Waals surface area contributed by atoms with Crippen molar-refractivity contribution in [2.75, 3.05) is 32.8 Å². The Balaban J connectivity index is 1.85. The molecule has 1 heterocycles. The highest BCUT2D eigenvalue weighted by Gasteiger charge is 2.28. The molecule has 0 unspecified atom stereocenters. The molecule has 1 aliphatic rings. The van der Waals surface area contributed by atoms with E-state index < -0.39 is 0 Å². The summed E-state index contributed by atoms with van der Waals surface area (Å²) in [5, 5.41) is 8.80. The average Bonchev–Trinajstić information content (AvgIpc) is 2.50. The lowest BCUT2D eigenvalue weighted by Gasteiger charge is -2.33. The van der Waals surface area contributed by atoms with Gasteiger partial charge < -0.3 is 14.5 Å². The fourth-order valence-corrected chi connectivity index (χ4v) is 2.12. The summed E-state index contributed by atoms with van der Waals surface area (Å²) in [5.41, 5.74) is 0.523. The Morgan fingerprint density at radius 2 is 1.95 bits per heavy atom. The molecule has 0 atom stereocenters. The van der Waals surface area contributed by atoms with Crippen LogP contribution in [-0.2, 0) is 9.59 Å². The van der Waals surface area contributed by atoms with Crippen LogP contribution in [0, 0.1) is 11.3 Å². The van der Waals surface area contributed by atoms with Crippen LogP contribution in [0.5, 0.6) is 5.75 Å². The molecule has 0 aliphatic carbocycles. The zero-order valence-electron chi connectivity index (χ0n) is 11.9. The maximum Gasteiger partial charge on any atom is 0.242 e. The van der Waals surface area contributed by atoms with Crippen molar-refractivity contribution in [3.05, 3.63) is 29.8 Å². The maximum atomic E-state index is 11.9. The Morgan fingerprint density at radius 3 is 2.67 bits per heavy atom. The van der Waals surface area contributed by atoms with Crippen LogP contribution in [0.1, 0.15) is 12.5 Å². The lowest BCUT2D eigenvalue weighted by atomic mass is 10.2. The third-order valence-corrected chi connectivity index (χ3v) is 3.33. The minimum Gasteiger partial charge on any atom is -0.492 e. The van der Waals surface area contributed by atoms with E-state index in [1.807, 2.05) is 13.0 Å². The number of benzene rings is 1. The summed E-state index contributed by atoms with van der Waals surface area (Å²) in [7, 11) is 0. The minimum atomic E-state index is -0.0641. The van der Waals surface area contributed by atoms with Crippen molar-refractivity contribution in [1.82, 2.24) is 9.80 Å². The van der Waals surface area contributed by atoms with Crippen LogP contribution in [0.4, 0.5) is 0 Å². The molecular weight excluding hydrogens is 270 g/mol. The van der Waals surface area contributed by atoms with Crippen LogP contribution in [0.2, 0.25) is 0 Å². The summed E-state index contributed by atoms with van der Waals surface area (Å²) in [6.45, 7) is 3.30. The van der Waals surface area contributed by atoms with Gasteiger partial charge in [-0.05, 0) is 25.1 Å². The van der Waals surface area contributed by atoms with E-state index in [2.05, 4.69) is 0 Å². The fraction of sp³-hybridized carbons (Fsp3) is 0.400. The highest BCUT2D eigenvalue weighted by molar-refractivity contribution is 5.92. The molecule has 6 heteroatoms. The van der Waals surface area contributed by atoms with Gasteiger partial charge in [-0.2, -0.15) is 5.26 Å². The lowest BCUT2D eigenvalue weighted by Crippen LogP contribution is -2.54. The highest BCUT2D eigenvalue weighted by Crippen LogP contribution is 2.12. The highest BCUT2D eigenvalue weighted by atomic mass is 16.5. The van der Waals surface area contributed by atoms with Gasteiger partial charge in [0.2, 0.25) is 11.8 Å². The summed E-state index contributed by atoms with van der Waals surface area (Å²) in [4.78, 5) is 26.7. The number of nitriles is 1. The standard InChI is InChI=1S/C15H17N3O3/c1-2-17-10-15(20)18(11-14(17)19)6-7-21-13-5-3-4-12(8-13)9-16/h3-5,8H,2,6-7,10-11H2,1H3. The molecule has 2 amide bonds. The van der Waals surface area contributed by atoms with Crippen LogP contribution >= 0.6 is 0 Å². The van der Waals surface area contributed by atoms with Gasteiger partial charge in [0, 0.05) is 6.54 Å². The van der Waals surface area contributed by atoms with Gasteiger partial charge in [-0.3, -0.25) is 9.59 Å². The largest absolute Gasteiger partial charge is 0.492 e. The molecular formula is C15H17N3O3. The lowest BCUT2D eigenvalue weighted by molar-refractivity contribution is -0.150. The second-order valence-corrected chi connectivity index (χ2v) is 4.71. The second-order valence-electron chi connectivity index (χ2n) is 4.71. The number of amides is 2. The molecule has 1 saturated heterocycles. The summed E-state index contributed by atoms with van der Waals surface area (Å²) in [6.07, 6.45) is 0. The normalized spacial score (nSPS) is 15.0. The molecule has 110 valence electrons. The van der Waals surface area contributed by atoms with Gasteiger partial charge >= 0.3 is 0 Å². The topological polar surface area (TPSA) is 73.6 Å². The molecule has 0 radical (unpaired) electrons. The van der Waals surface area contributed by atoms with Gasteiger partial charge in [0.15, 0.2) is 0 Å². The number of piperazine rings is 1. The van der Waals surface area contributed by atoms with Crippen molar-refractivity contribution in [2.24, 2.45) is 0 Å². The van der Waals surface area contributed by atoms with E-state index in [-0.39, 0.29) is 24.9 Å². The summed E-state index contributed by atoms with van der Waals surface area (Å²) >= 11 is 0. The molecule has 0 aromatic heterocycles. The Hall–Kier alpha value is -2.55. The van der Waals surface area contributed by atoms with E-state index in [1.54, 1.807) is 24.3 Å². The van der Waals surface area contributed by atoms with E-state index in [1.165, 1.54) is 9.80 Å². The molecule has 6 nitrogen and oxygen atoms in total. The predicted molar refractivity (Wildman–Crippen MR) is 75.5 cm³/mol. The summed E-state index contributed by atoms with van der Waals surface area (Å²) in [5.74, 6) is 0.481. The number of rotatable bonds is 5. The third kappa shape index (κ3) is 3.72. The van der Waals surface area contributed by atoms with Crippen molar-refractivity contribution in [2.45, 2.75) is 6.92 Å². The first kappa shape index (κ1) is 14.9. The van der Waals surface area contributed by atoms with Crippen molar-refractivity contribution < 1.29 is 14.3 Å². The Labute approximate surface area is 123 Å². The van der Waals surface area contributed by atoms with Gasteiger partial charge in [0.05, 0.1) is 31.3 Å². The molecule has 0 saturated carbocycles. The minimum absolute atomic E-state index is 0.0384. The number of nitrogens with zero attached hydrogens (tertiary/aromatic N) is 3. The number of ether oxygens (including phenoxy) is 1. The molecule has 0 spiro atoms. The van der Waals surface area contributed by atoms with Crippen LogP contribution in [0.25, 0.3) is 0 Å². The van der Waals surface area contributed by atoms with Crippen LogP contribution in [0.15, 0.2) is 24.3 Å². The smallest absolute Gasteiger partial charge is 0.242 e. The van der Waals surface area contributed by atoms with Crippen molar-refractivity contribution in [3.63, 3.8) is 0 Å². The number of hydrogen-bond acceptors (Lipinski definition) is 4. The van der Waals surface area contributed by atoms with Crippen LogP contribution in [0.3, 0.4) is 0 Å². The monoisotopic (exact) mass is 287 g/mol. The van der Waals surface area contributed by atoms with E-state index >= 15 is 0 Å². The van der Waals surface area contributed by atoms with Crippen LogP contribution in [-0.4, -0.2) is 54.4 Å². The van der Waals surface area contributed by atoms with Crippen LogP contribution < -0.4 is 4.74 Å². The zero-order valence-corrected chi connectivity index (χ0v) is 11.9. The molecule has 1 aromatic carbocycles. The predicted octanol–water partition coefficient (Wildman–Crippen LogP) is 0.628. The number of likely N-dealkylation sites (N-methyl/N-ethyl adjacent to an activating group) is 1. The average molecular weight is 287 g/mol. The van der Waals surface area contributed by atoms with Gasteiger partial charge in [-0.15, -0.1) is 0 Å².